The first-order valence-electron chi connectivity index (χ1n) is 6.98. The lowest BCUT2D eigenvalue weighted by atomic mass is 9.94. The van der Waals surface area contributed by atoms with E-state index in [1.54, 1.807) is 0 Å². The van der Waals surface area contributed by atoms with Crippen LogP contribution in [0.4, 0.5) is 4.39 Å². The zero-order chi connectivity index (χ0) is 15.1. The molecule has 4 nitrogen and oxygen atoms in total. The molecule has 3 atom stereocenters. The summed E-state index contributed by atoms with van der Waals surface area (Å²) in [6.45, 7) is 0.391. The zero-order valence-corrected chi connectivity index (χ0v) is 12.0. The number of fused-ring (bicyclic) bond motifs is 1. The molecule has 21 heavy (non-hydrogen) atoms. The summed E-state index contributed by atoms with van der Waals surface area (Å²) in [7, 11) is 0. The van der Waals surface area contributed by atoms with E-state index in [2.05, 4.69) is 0 Å². The molecular weight excluding hydrogens is 297 g/mol. The van der Waals surface area contributed by atoms with Gasteiger partial charge in [-0.1, -0.05) is 18.0 Å². The van der Waals surface area contributed by atoms with Crippen LogP contribution in [-0.4, -0.2) is 34.5 Å². The first-order chi connectivity index (χ1) is 9.99. The van der Waals surface area contributed by atoms with Crippen molar-refractivity contribution in [3.8, 4) is 0 Å². The molecule has 1 aromatic rings. The molecule has 6 heteroatoms. The number of benzene rings is 1. The Labute approximate surface area is 126 Å². The quantitative estimate of drug-likeness (QED) is 0.913. The molecule has 0 aromatic heterocycles. The summed E-state index contributed by atoms with van der Waals surface area (Å²) in [6.07, 6.45) is 2.74. The van der Waals surface area contributed by atoms with E-state index in [0.29, 0.717) is 6.54 Å². The van der Waals surface area contributed by atoms with Crippen LogP contribution in [0, 0.1) is 17.7 Å². The molecule has 1 N–H and O–H groups in total. The Balaban J connectivity index is 1.91. The van der Waals surface area contributed by atoms with Crippen LogP contribution in [0.5, 0.6) is 0 Å². The minimum Gasteiger partial charge on any atom is -0.480 e. The van der Waals surface area contributed by atoms with Crippen LogP contribution in [0.3, 0.4) is 0 Å². The van der Waals surface area contributed by atoms with Crippen LogP contribution >= 0.6 is 11.6 Å². The van der Waals surface area contributed by atoms with Gasteiger partial charge in [0.05, 0.1) is 5.56 Å². The maximum Gasteiger partial charge on any atom is 0.326 e. The number of aliphatic carboxylic acids is 1. The molecule has 1 saturated heterocycles. The molecular formula is C15H15ClFNO3. The minimum absolute atomic E-state index is 0.0122. The summed E-state index contributed by atoms with van der Waals surface area (Å²) in [5.41, 5.74) is -0.120. The Morgan fingerprint density at radius 2 is 2.10 bits per heavy atom. The molecule has 1 saturated carbocycles. The van der Waals surface area contributed by atoms with E-state index in [4.69, 9.17) is 11.6 Å². The maximum atomic E-state index is 13.9. The van der Waals surface area contributed by atoms with Gasteiger partial charge in [0, 0.05) is 11.6 Å². The monoisotopic (exact) mass is 311 g/mol. The summed E-state index contributed by atoms with van der Waals surface area (Å²) < 4.78 is 13.9. The normalized spacial score (nSPS) is 27.7. The van der Waals surface area contributed by atoms with Gasteiger partial charge in [-0.3, -0.25) is 4.79 Å². The second-order valence-corrected chi connectivity index (χ2v) is 6.16. The van der Waals surface area contributed by atoms with E-state index in [0.717, 1.165) is 25.3 Å². The third kappa shape index (κ3) is 2.39. The van der Waals surface area contributed by atoms with E-state index in [1.807, 2.05) is 0 Å². The van der Waals surface area contributed by atoms with E-state index < -0.39 is 23.7 Å². The van der Waals surface area contributed by atoms with Crippen LogP contribution in [-0.2, 0) is 4.79 Å². The van der Waals surface area contributed by atoms with Crippen LogP contribution in [0.1, 0.15) is 29.6 Å². The lowest BCUT2D eigenvalue weighted by Gasteiger charge is -2.24. The van der Waals surface area contributed by atoms with E-state index in [-0.39, 0.29) is 22.4 Å². The van der Waals surface area contributed by atoms with E-state index >= 15 is 0 Å². The Morgan fingerprint density at radius 1 is 1.33 bits per heavy atom. The Morgan fingerprint density at radius 3 is 2.76 bits per heavy atom. The Bertz CT molecular complexity index is 607. The number of hydrogen-bond donors (Lipinski definition) is 1. The molecule has 2 fully saturated rings. The largest absolute Gasteiger partial charge is 0.480 e. The van der Waals surface area contributed by atoms with Crippen molar-refractivity contribution in [2.24, 2.45) is 11.8 Å². The number of nitrogens with zero attached hydrogens (tertiary/aromatic N) is 1. The van der Waals surface area contributed by atoms with Gasteiger partial charge in [-0.2, -0.15) is 0 Å². The van der Waals surface area contributed by atoms with Crippen LogP contribution in [0.15, 0.2) is 18.2 Å². The van der Waals surface area contributed by atoms with Crippen LogP contribution < -0.4 is 0 Å². The number of likely N-dealkylation sites (tertiary alicyclic amines) is 1. The predicted octanol–water partition coefficient (Wildman–Crippen LogP) is 2.80. The Kier molecular flexibility index (Phi) is 3.61. The molecule has 1 aliphatic carbocycles. The van der Waals surface area contributed by atoms with Crippen LogP contribution in [0.25, 0.3) is 0 Å². The number of halogens is 2. The van der Waals surface area contributed by atoms with Crippen molar-refractivity contribution in [2.45, 2.75) is 25.3 Å². The SMILES string of the molecule is O=C(O)C1C2CCCC2CN1C(=O)c1ccc(Cl)cc1F. The summed E-state index contributed by atoms with van der Waals surface area (Å²) in [4.78, 5) is 25.3. The lowest BCUT2D eigenvalue weighted by molar-refractivity contribution is -0.142. The van der Waals surface area contributed by atoms with Crippen molar-refractivity contribution < 1.29 is 19.1 Å². The van der Waals surface area contributed by atoms with Gasteiger partial charge in [-0.15, -0.1) is 0 Å². The molecule has 0 spiro atoms. The number of carboxylic acid groups (broad SMARTS) is 1. The average Bonchev–Trinajstić information content (AvgIpc) is 2.96. The molecule has 2 aliphatic rings. The van der Waals surface area contributed by atoms with E-state index in [9.17, 15) is 19.1 Å². The predicted molar refractivity (Wildman–Crippen MR) is 74.7 cm³/mol. The number of rotatable bonds is 2. The molecule has 112 valence electrons. The third-order valence-electron chi connectivity index (χ3n) is 4.57. The molecule has 1 heterocycles. The lowest BCUT2D eigenvalue weighted by Crippen LogP contribution is -2.43. The first kappa shape index (κ1) is 14.3. The highest BCUT2D eigenvalue weighted by molar-refractivity contribution is 6.30. The molecule has 0 radical (unpaired) electrons. The fourth-order valence-electron chi connectivity index (χ4n) is 3.65. The summed E-state index contributed by atoms with van der Waals surface area (Å²) in [5.74, 6) is -2.08. The number of hydrogen-bond acceptors (Lipinski definition) is 2. The number of carboxylic acids is 1. The van der Waals surface area contributed by atoms with Gasteiger partial charge in [-0.05, 0) is 42.9 Å². The standard InChI is InChI=1S/C15H15ClFNO3/c16-9-4-5-11(12(17)6-9)14(19)18-7-8-2-1-3-10(8)13(18)15(20)21/h4-6,8,10,13H,1-3,7H2,(H,20,21). The maximum absolute atomic E-state index is 13.9. The van der Waals surface area contributed by atoms with Crippen molar-refractivity contribution in [3.63, 3.8) is 0 Å². The highest BCUT2D eigenvalue weighted by atomic mass is 35.5. The van der Waals surface area contributed by atoms with Gasteiger partial charge in [-0.25, -0.2) is 9.18 Å². The second-order valence-electron chi connectivity index (χ2n) is 5.72. The second kappa shape index (κ2) is 5.30. The number of carbonyl (C=O) groups is 2. The topological polar surface area (TPSA) is 57.6 Å². The molecule has 1 aromatic carbocycles. The van der Waals surface area contributed by atoms with Crippen molar-refractivity contribution in [1.29, 1.82) is 0 Å². The zero-order valence-electron chi connectivity index (χ0n) is 11.3. The van der Waals surface area contributed by atoms with Gasteiger partial charge in [0.1, 0.15) is 11.9 Å². The fourth-order valence-corrected chi connectivity index (χ4v) is 3.81. The highest BCUT2D eigenvalue weighted by Gasteiger charge is 2.49. The van der Waals surface area contributed by atoms with Gasteiger partial charge in [0.25, 0.3) is 5.91 Å². The Hall–Kier alpha value is -1.62. The van der Waals surface area contributed by atoms with Gasteiger partial charge in [0.2, 0.25) is 0 Å². The molecule has 1 aliphatic heterocycles. The number of amides is 1. The van der Waals surface area contributed by atoms with Crippen molar-refractivity contribution in [3.05, 3.63) is 34.6 Å². The fraction of sp³-hybridized carbons (Fsp3) is 0.467. The summed E-state index contributed by atoms with van der Waals surface area (Å²) in [5, 5.41) is 9.64. The smallest absolute Gasteiger partial charge is 0.326 e. The molecule has 1 amide bonds. The molecule has 0 bridgehead atoms. The summed E-state index contributed by atoms with van der Waals surface area (Å²) >= 11 is 5.68. The number of carbonyl (C=O) groups excluding carboxylic acids is 1. The van der Waals surface area contributed by atoms with Gasteiger partial charge < -0.3 is 10.0 Å². The van der Waals surface area contributed by atoms with Crippen molar-refractivity contribution >= 4 is 23.5 Å². The first-order valence-corrected chi connectivity index (χ1v) is 7.35. The molecule has 3 unspecified atom stereocenters. The third-order valence-corrected chi connectivity index (χ3v) is 4.80. The minimum atomic E-state index is -1.01. The summed E-state index contributed by atoms with van der Waals surface area (Å²) in [6, 6.07) is 2.97. The average molecular weight is 312 g/mol. The van der Waals surface area contributed by atoms with E-state index in [1.165, 1.54) is 17.0 Å². The highest BCUT2D eigenvalue weighted by Crippen LogP contribution is 2.42. The van der Waals surface area contributed by atoms with Crippen LogP contribution in [0.2, 0.25) is 5.02 Å². The van der Waals surface area contributed by atoms with Gasteiger partial charge >= 0.3 is 5.97 Å². The van der Waals surface area contributed by atoms with Gasteiger partial charge in [0.15, 0.2) is 0 Å². The van der Waals surface area contributed by atoms with Crippen molar-refractivity contribution in [2.75, 3.05) is 6.54 Å². The van der Waals surface area contributed by atoms with Crippen molar-refractivity contribution in [1.82, 2.24) is 4.90 Å². The molecule has 3 rings (SSSR count).